The third kappa shape index (κ3) is 4.38. The largest absolute Gasteiger partial charge is 0.469 e. The number of ether oxygens (including phenoxy) is 2. The highest BCUT2D eigenvalue weighted by Gasteiger charge is 2.33. The third-order valence-corrected chi connectivity index (χ3v) is 2.14. The summed E-state index contributed by atoms with van der Waals surface area (Å²) >= 11 is 9.53. The average molecular weight is 227 g/mol. The number of methoxy groups -OCH3 is 2. The molecular formula is C7H11ClO4S. The zero-order chi connectivity index (χ0) is 10.5. The highest BCUT2D eigenvalue weighted by molar-refractivity contribution is 7.84. The molecule has 6 heteroatoms. The van der Waals surface area contributed by atoms with E-state index in [2.05, 4.69) is 22.1 Å². The Bertz CT molecular complexity index is 205. The Labute approximate surface area is 86.9 Å². The smallest absolute Gasteiger partial charge is 0.337 e. The van der Waals surface area contributed by atoms with Gasteiger partial charge in [-0.05, 0) is 6.42 Å². The van der Waals surface area contributed by atoms with E-state index in [1.54, 1.807) is 0 Å². The van der Waals surface area contributed by atoms with Crippen molar-refractivity contribution in [2.45, 2.75) is 17.0 Å². The van der Waals surface area contributed by atoms with Crippen LogP contribution in [0.3, 0.4) is 0 Å². The highest BCUT2D eigenvalue weighted by Crippen LogP contribution is 2.27. The molecule has 0 spiro atoms. The number of hydrogen-bond donors (Lipinski definition) is 1. The third-order valence-electron chi connectivity index (χ3n) is 1.39. The summed E-state index contributed by atoms with van der Waals surface area (Å²) in [6, 6.07) is 0. The van der Waals surface area contributed by atoms with Crippen molar-refractivity contribution in [2.75, 3.05) is 14.2 Å². The maximum absolute atomic E-state index is 11.0. The molecule has 4 nitrogen and oxygen atoms in total. The van der Waals surface area contributed by atoms with Gasteiger partial charge in [0.2, 0.25) is 0 Å². The van der Waals surface area contributed by atoms with Crippen LogP contribution in [0.4, 0.5) is 0 Å². The second-order valence-electron chi connectivity index (χ2n) is 2.33. The number of carbonyl (C=O) groups is 2. The Kier molecular flexibility index (Phi) is 5.17. The predicted molar refractivity (Wildman–Crippen MR) is 50.8 cm³/mol. The van der Waals surface area contributed by atoms with Crippen molar-refractivity contribution in [1.82, 2.24) is 0 Å². The van der Waals surface area contributed by atoms with Crippen molar-refractivity contribution in [3.63, 3.8) is 0 Å². The maximum atomic E-state index is 11.0. The number of alkyl halides is 1. The first-order chi connectivity index (χ1) is 5.94. The fourth-order valence-corrected chi connectivity index (χ4v) is 1.00. The van der Waals surface area contributed by atoms with Crippen LogP contribution in [0.2, 0.25) is 0 Å². The van der Waals surface area contributed by atoms with Crippen LogP contribution in [0.5, 0.6) is 0 Å². The minimum absolute atomic E-state index is 0.0264. The van der Waals surface area contributed by atoms with E-state index < -0.39 is 16.1 Å². The summed E-state index contributed by atoms with van der Waals surface area (Å²) in [5, 5.41) is 0. The van der Waals surface area contributed by atoms with Gasteiger partial charge in [-0.15, -0.1) is 12.6 Å². The molecule has 0 aromatic rings. The van der Waals surface area contributed by atoms with Gasteiger partial charge in [0, 0.05) is 6.42 Å². The summed E-state index contributed by atoms with van der Waals surface area (Å²) in [5.74, 6) is -1.12. The van der Waals surface area contributed by atoms with Crippen LogP contribution in [0.25, 0.3) is 0 Å². The molecule has 0 N–H and O–H groups in total. The molecule has 76 valence electrons. The molecule has 0 aromatic heterocycles. The summed E-state index contributed by atoms with van der Waals surface area (Å²) in [6.45, 7) is 0. The van der Waals surface area contributed by atoms with E-state index >= 15 is 0 Å². The van der Waals surface area contributed by atoms with Crippen molar-refractivity contribution in [2.24, 2.45) is 0 Å². The Morgan fingerprint density at radius 2 is 1.92 bits per heavy atom. The lowest BCUT2D eigenvalue weighted by Gasteiger charge is -2.16. The first-order valence-electron chi connectivity index (χ1n) is 3.50. The molecule has 1 unspecified atom stereocenters. The lowest BCUT2D eigenvalue weighted by Crippen LogP contribution is -2.28. The summed E-state index contributed by atoms with van der Waals surface area (Å²) in [6.07, 6.45) is 0.0929. The van der Waals surface area contributed by atoms with Gasteiger partial charge in [-0.3, -0.25) is 4.79 Å². The molecule has 1 atom stereocenters. The van der Waals surface area contributed by atoms with Crippen molar-refractivity contribution in [3.05, 3.63) is 0 Å². The quantitative estimate of drug-likeness (QED) is 0.441. The number of hydrogen-bond acceptors (Lipinski definition) is 5. The van der Waals surface area contributed by atoms with Crippen LogP contribution >= 0.6 is 24.2 Å². The van der Waals surface area contributed by atoms with Gasteiger partial charge in [0.05, 0.1) is 14.2 Å². The summed E-state index contributed by atoms with van der Waals surface area (Å²) < 4.78 is 7.30. The van der Waals surface area contributed by atoms with E-state index in [1.165, 1.54) is 14.2 Å². The minimum Gasteiger partial charge on any atom is -0.469 e. The van der Waals surface area contributed by atoms with E-state index in [4.69, 9.17) is 11.6 Å². The zero-order valence-corrected chi connectivity index (χ0v) is 9.02. The van der Waals surface area contributed by atoms with Crippen molar-refractivity contribution < 1.29 is 19.1 Å². The van der Waals surface area contributed by atoms with Crippen molar-refractivity contribution in [1.29, 1.82) is 0 Å². The molecule has 0 aliphatic rings. The molecule has 0 saturated heterocycles. The van der Waals surface area contributed by atoms with Gasteiger partial charge in [0.15, 0.2) is 4.21 Å². The van der Waals surface area contributed by atoms with Gasteiger partial charge in [0.25, 0.3) is 0 Å². The Balaban J connectivity index is 4.03. The van der Waals surface area contributed by atoms with Gasteiger partial charge >= 0.3 is 11.9 Å². The second-order valence-corrected chi connectivity index (χ2v) is 4.00. The van der Waals surface area contributed by atoms with E-state index in [0.717, 1.165) is 0 Å². The van der Waals surface area contributed by atoms with Gasteiger partial charge < -0.3 is 9.47 Å². The molecule has 0 aromatic carbocycles. The van der Waals surface area contributed by atoms with Crippen molar-refractivity contribution >= 4 is 36.2 Å². The average Bonchev–Trinajstić information content (AvgIpc) is 2.12. The summed E-state index contributed by atoms with van der Waals surface area (Å²) in [4.78, 5) is 21.7. The van der Waals surface area contributed by atoms with Gasteiger partial charge in [-0.25, -0.2) is 4.79 Å². The topological polar surface area (TPSA) is 52.6 Å². The van der Waals surface area contributed by atoms with Crippen LogP contribution in [-0.2, 0) is 19.1 Å². The van der Waals surface area contributed by atoms with Crippen LogP contribution < -0.4 is 0 Å². The van der Waals surface area contributed by atoms with Crippen LogP contribution in [0.1, 0.15) is 12.8 Å². The minimum atomic E-state index is -1.46. The first-order valence-corrected chi connectivity index (χ1v) is 4.33. The van der Waals surface area contributed by atoms with Crippen LogP contribution in [0.15, 0.2) is 0 Å². The predicted octanol–water partition coefficient (Wildman–Crippen LogP) is 0.977. The molecule has 13 heavy (non-hydrogen) atoms. The number of halogens is 1. The molecule has 0 saturated carbocycles. The van der Waals surface area contributed by atoms with E-state index in [-0.39, 0.29) is 12.8 Å². The molecule has 0 heterocycles. The highest BCUT2D eigenvalue weighted by atomic mass is 35.5. The van der Waals surface area contributed by atoms with E-state index in [1.807, 2.05) is 0 Å². The molecule has 0 amide bonds. The standard InChI is InChI=1S/C7H11ClO4S/c1-11-5(9)3-4-7(8,13)6(10)12-2/h13H,3-4H2,1-2H3. The molecular weight excluding hydrogens is 216 g/mol. The number of rotatable bonds is 4. The normalized spacial score (nSPS) is 14.5. The zero-order valence-electron chi connectivity index (χ0n) is 7.37. The fraction of sp³-hybridized carbons (Fsp3) is 0.714. The lowest BCUT2D eigenvalue weighted by atomic mass is 10.2. The maximum Gasteiger partial charge on any atom is 0.337 e. The number of esters is 2. The Morgan fingerprint density at radius 1 is 1.38 bits per heavy atom. The summed E-state index contributed by atoms with van der Waals surface area (Å²) in [7, 11) is 2.46. The summed E-state index contributed by atoms with van der Waals surface area (Å²) in [5.41, 5.74) is 0. The Morgan fingerprint density at radius 3 is 2.31 bits per heavy atom. The van der Waals surface area contributed by atoms with Gasteiger partial charge in [-0.2, -0.15) is 0 Å². The molecule has 0 fully saturated rings. The van der Waals surface area contributed by atoms with Crippen LogP contribution in [0, 0.1) is 0 Å². The molecule has 0 aliphatic carbocycles. The Hall–Kier alpha value is -0.420. The molecule has 0 aliphatic heterocycles. The lowest BCUT2D eigenvalue weighted by molar-refractivity contribution is -0.142. The van der Waals surface area contributed by atoms with E-state index in [9.17, 15) is 9.59 Å². The van der Waals surface area contributed by atoms with Gasteiger partial charge in [0.1, 0.15) is 0 Å². The molecule has 0 rings (SSSR count). The van der Waals surface area contributed by atoms with Crippen LogP contribution in [-0.4, -0.2) is 30.4 Å². The van der Waals surface area contributed by atoms with E-state index in [0.29, 0.717) is 0 Å². The molecule has 0 radical (unpaired) electrons. The first kappa shape index (κ1) is 12.6. The second kappa shape index (κ2) is 5.34. The number of carbonyl (C=O) groups excluding carboxylic acids is 2. The molecule has 0 bridgehead atoms. The van der Waals surface area contributed by atoms with Crippen molar-refractivity contribution in [3.8, 4) is 0 Å². The SMILES string of the molecule is COC(=O)CCC(S)(Cl)C(=O)OC. The monoisotopic (exact) mass is 226 g/mol. The van der Waals surface area contributed by atoms with Gasteiger partial charge in [-0.1, -0.05) is 11.6 Å². The number of thiol groups is 1. The fourth-order valence-electron chi connectivity index (χ4n) is 0.628.